The number of hydrogen-bond acceptors (Lipinski definition) is 6. The Morgan fingerprint density at radius 2 is 1.91 bits per heavy atom. The van der Waals surface area contributed by atoms with Gasteiger partial charge in [0.05, 0.1) is 36.5 Å². The highest BCUT2D eigenvalue weighted by Crippen LogP contribution is 2.30. The second-order valence-electron chi connectivity index (χ2n) is 8.71. The van der Waals surface area contributed by atoms with Crippen LogP contribution in [0.5, 0.6) is 11.5 Å². The first-order valence-corrected chi connectivity index (χ1v) is 11.9. The van der Waals surface area contributed by atoms with E-state index in [2.05, 4.69) is 15.5 Å². The second-order valence-corrected chi connectivity index (χ2v) is 9.11. The number of likely N-dealkylation sites (tertiary alicyclic amines) is 1. The van der Waals surface area contributed by atoms with Crippen LogP contribution in [-0.4, -0.2) is 61.9 Å². The molecule has 0 spiro atoms. The number of rotatable bonds is 9. The van der Waals surface area contributed by atoms with Crippen LogP contribution in [-0.2, 0) is 0 Å². The van der Waals surface area contributed by atoms with Crippen molar-refractivity contribution >= 4 is 29.3 Å². The summed E-state index contributed by atoms with van der Waals surface area (Å²) >= 11 is 6.08. The topological polar surface area (TPSA) is 126 Å². The Bertz CT molecular complexity index is 1040. The Kier molecular flexibility index (Phi) is 9.06. The SMILES string of the molecule is COc1cccc(C(NC(=O)O)C(C)N2CCC(CNC(=O)c3cc(Cl)c(N)cc3OC)CC2)c1. The van der Waals surface area contributed by atoms with Gasteiger partial charge < -0.3 is 30.9 Å². The number of hydrogen-bond donors (Lipinski definition) is 4. The highest BCUT2D eigenvalue weighted by molar-refractivity contribution is 6.33. The van der Waals surface area contributed by atoms with Gasteiger partial charge in [-0.25, -0.2) is 4.79 Å². The summed E-state index contributed by atoms with van der Waals surface area (Å²) in [5, 5.41) is 15.4. The first-order chi connectivity index (χ1) is 16.7. The van der Waals surface area contributed by atoms with Crippen LogP contribution < -0.4 is 25.8 Å². The number of piperidine rings is 1. The van der Waals surface area contributed by atoms with Gasteiger partial charge >= 0.3 is 6.09 Å². The fraction of sp³-hybridized carbons (Fsp3) is 0.440. The van der Waals surface area contributed by atoms with E-state index < -0.39 is 12.1 Å². The lowest BCUT2D eigenvalue weighted by Crippen LogP contribution is -2.48. The molecule has 0 bridgehead atoms. The van der Waals surface area contributed by atoms with E-state index in [1.165, 1.54) is 13.2 Å². The normalized spacial score (nSPS) is 16.2. The van der Waals surface area contributed by atoms with Crippen LogP contribution in [0.15, 0.2) is 36.4 Å². The highest BCUT2D eigenvalue weighted by atomic mass is 35.5. The minimum Gasteiger partial charge on any atom is -0.497 e. The molecule has 1 aliphatic heterocycles. The Morgan fingerprint density at radius 1 is 1.20 bits per heavy atom. The van der Waals surface area contributed by atoms with Gasteiger partial charge in [-0.15, -0.1) is 0 Å². The van der Waals surface area contributed by atoms with Crippen molar-refractivity contribution in [2.75, 3.05) is 39.6 Å². The standard InChI is InChI=1S/C25H33ClN4O5/c1-15(23(29-25(32)33)17-5-4-6-18(11-17)34-2)30-9-7-16(8-10-30)14-28-24(31)19-12-20(26)21(27)13-22(19)35-3/h4-6,11-13,15-16,23,29H,7-10,14,27H2,1-3H3,(H,28,31)(H,32,33). The van der Waals surface area contributed by atoms with Crippen molar-refractivity contribution < 1.29 is 24.2 Å². The number of carboxylic acid groups (broad SMARTS) is 1. The largest absolute Gasteiger partial charge is 0.497 e. The van der Waals surface area contributed by atoms with Crippen molar-refractivity contribution in [2.45, 2.75) is 31.8 Å². The molecule has 0 saturated carbocycles. The zero-order valence-electron chi connectivity index (χ0n) is 20.2. The van der Waals surface area contributed by atoms with E-state index in [4.69, 9.17) is 26.8 Å². The molecule has 1 fully saturated rings. The number of amides is 2. The summed E-state index contributed by atoms with van der Waals surface area (Å²) in [7, 11) is 3.07. The van der Waals surface area contributed by atoms with Gasteiger partial charge in [-0.3, -0.25) is 9.69 Å². The molecular weight excluding hydrogens is 472 g/mol. The van der Waals surface area contributed by atoms with Crippen molar-refractivity contribution in [1.29, 1.82) is 0 Å². The summed E-state index contributed by atoms with van der Waals surface area (Å²) < 4.78 is 10.6. The number of anilines is 1. The minimum absolute atomic E-state index is 0.0603. The van der Waals surface area contributed by atoms with E-state index in [0.717, 1.165) is 31.5 Å². The molecule has 2 atom stereocenters. The van der Waals surface area contributed by atoms with Crippen LogP contribution in [0, 0.1) is 5.92 Å². The molecule has 2 unspecified atom stereocenters. The number of ether oxygens (including phenoxy) is 2. The minimum atomic E-state index is -1.07. The predicted molar refractivity (Wildman–Crippen MR) is 135 cm³/mol. The van der Waals surface area contributed by atoms with Crippen molar-refractivity contribution in [3.05, 3.63) is 52.5 Å². The molecule has 2 aromatic carbocycles. The summed E-state index contributed by atoms with van der Waals surface area (Å²) in [6.45, 7) is 4.14. The molecule has 0 aliphatic carbocycles. The number of nitrogen functional groups attached to an aromatic ring is 1. The number of carbonyl (C=O) groups excluding carboxylic acids is 1. The van der Waals surface area contributed by atoms with Crippen molar-refractivity contribution in [3.63, 3.8) is 0 Å². The molecule has 0 radical (unpaired) electrons. The van der Waals surface area contributed by atoms with Crippen molar-refractivity contribution in [3.8, 4) is 11.5 Å². The first kappa shape index (κ1) is 26.4. The molecule has 10 heteroatoms. The van der Waals surface area contributed by atoms with Crippen LogP contribution in [0.3, 0.4) is 0 Å². The third kappa shape index (κ3) is 6.70. The van der Waals surface area contributed by atoms with Crippen LogP contribution >= 0.6 is 11.6 Å². The van der Waals surface area contributed by atoms with Gasteiger partial charge in [0.1, 0.15) is 11.5 Å². The average molecular weight is 505 g/mol. The zero-order valence-corrected chi connectivity index (χ0v) is 21.0. The summed E-state index contributed by atoms with van der Waals surface area (Å²) in [5.74, 6) is 1.10. The Balaban J connectivity index is 1.58. The maximum atomic E-state index is 12.7. The lowest BCUT2D eigenvalue weighted by molar-refractivity contribution is 0.0909. The maximum absolute atomic E-state index is 12.7. The lowest BCUT2D eigenvalue weighted by atomic mass is 9.92. The predicted octanol–water partition coefficient (Wildman–Crippen LogP) is 3.78. The van der Waals surface area contributed by atoms with Gasteiger partial charge in [-0.2, -0.15) is 0 Å². The van der Waals surface area contributed by atoms with Crippen LogP contribution in [0.2, 0.25) is 5.02 Å². The molecule has 3 rings (SSSR count). The van der Waals surface area contributed by atoms with Crippen molar-refractivity contribution in [2.24, 2.45) is 5.92 Å². The molecule has 0 aromatic heterocycles. The van der Waals surface area contributed by atoms with E-state index in [0.29, 0.717) is 40.2 Å². The van der Waals surface area contributed by atoms with Gasteiger partial charge in [-0.1, -0.05) is 23.7 Å². The number of carbonyl (C=O) groups is 2. The molecule has 5 N–H and O–H groups in total. The molecule has 35 heavy (non-hydrogen) atoms. The fourth-order valence-corrected chi connectivity index (χ4v) is 4.64. The lowest BCUT2D eigenvalue weighted by Gasteiger charge is -2.39. The van der Waals surface area contributed by atoms with Gasteiger partial charge in [0.15, 0.2) is 0 Å². The first-order valence-electron chi connectivity index (χ1n) is 11.5. The van der Waals surface area contributed by atoms with Gasteiger partial charge in [0.2, 0.25) is 0 Å². The molecule has 190 valence electrons. The van der Waals surface area contributed by atoms with E-state index in [-0.39, 0.29) is 11.9 Å². The number of nitrogens with one attached hydrogen (secondary N) is 2. The van der Waals surface area contributed by atoms with Gasteiger partial charge in [0.25, 0.3) is 5.91 Å². The smallest absolute Gasteiger partial charge is 0.405 e. The van der Waals surface area contributed by atoms with Crippen LogP contribution in [0.25, 0.3) is 0 Å². The molecule has 2 aromatic rings. The molecule has 1 aliphatic rings. The number of methoxy groups -OCH3 is 2. The van der Waals surface area contributed by atoms with Crippen LogP contribution in [0.4, 0.5) is 10.5 Å². The van der Waals surface area contributed by atoms with E-state index in [9.17, 15) is 14.7 Å². The third-order valence-corrected chi connectivity index (χ3v) is 6.88. The third-order valence-electron chi connectivity index (χ3n) is 6.55. The Labute approximate surface area is 210 Å². The molecular formula is C25H33ClN4O5. The number of nitrogens with zero attached hydrogens (tertiary/aromatic N) is 1. The van der Waals surface area contributed by atoms with Crippen LogP contribution in [0.1, 0.15) is 41.7 Å². The number of benzene rings is 2. The summed E-state index contributed by atoms with van der Waals surface area (Å²) in [5.41, 5.74) is 7.35. The quantitative estimate of drug-likeness (QED) is 0.383. The Hall–Kier alpha value is -3.17. The summed E-state index contributed by atoms with van der Waals surface area (Å²) in [4.78, 5) is 26.5. The van der Waals surface area contributed by atoms with Gasteiger partial charge in [-0.05, 0) is 62.5 Å². The molecule has 9 nitrogen and oxygen atoms in total. The summed E-state index contributed by atoms with van der Waals surface area (Å²) in [6, 6.07) is 10.0. The average Bonchev–Trinajstić information content (AvgIpc) is 2.87. The van der Waals surface area contributed by atoms with E-state index in [1.807, 2.05) is 31.2 Å². The monoisotopic (exact) mass is 504 g/mol. The van der Waals surface area contributed by atoms with E-state index in [1.54, 1.807) is 13.2 Å². The zero-order chi connectivity index (χ0) is 25.5. The number of nitrogens with two attached hydrogens (primary N) is 1. The Morgan fingerprint density at radius 3 is 2.54 bits per heavy atom. The summed E-state index contributed by atoms with van der Waals surface area (Å²) in [6.07, 6.45) is 0.685. The van der Waals surface area contributed by atoms with Crippen molar-refractivity contribution in [1.82, 2.24) is 15.5 Å². The maximum Gasteiger partial charge on any atom is 0.405 e. The second kappa shape index (κ2) is 12.0. The number of halogens is 1. The van der Waals surface area contributed by atoms with Gasteiger partial charge in [0, 0.05) is 18.7 Å². The molecule has 2 amide bonds. The molecule has 1 saturated heterocycles. The fourth-order valence-electron chi connectivity index (χ4n) is 4.47. The van der Waals surface area contributed by atoms with E-state index >= 15 is 0 Å². The highest BCUT2D eigenvalue weighted by Gasteiger charge is 2.30. The molecule has 1 heterocycles.